The van der Waals surface area contributed by atoms with Gasteiger partial charge in [-0.2, -0.15) is 0 Å². The van der Waals surface area contributed by atoms with E-state index in [2.05, 4.69) is 0 Å². The van der Waals surface area contributed by atoms with Crippen molar-refractivity contribution in [1.29, 1.82) is 0 Å². The number of fused-ring (bicyclic) bond motifs is 2. The molecule has 0 bridgehead atoms. The van der Waals surface area contributed by atoms with E-state index in [9.17, 15) is 19.5 Å². The summed E-state index contributed by atoms with van der Waals surface area (Å²) in [6, 6.07) is 12.5. The van der Waals surface area contributed by atoms with E-state index >= 15 is 0 Å². The molecule has 0 saturated heterocycles. The molecule has 0 saturated carbocycles. The van der Waals surface area contributed by atoms with Crippen LogP contribution in [0.2, 0.25) is 0 Å². The van der Waals surface area contributed by atoms with Gasteiger partial charge in [-0.05, 0) is 36.2 Å². The maximum atomic E-state index is 12.8. The van der Waals surface area contributed by atoms with Crippen molar-refractivity contribution in [2.45, 2.75) is 26.9 Å². The molecule has 0 aliphatic carbocycles. The first-order valence-electron chi connectivity index (χ1n) is 11.3. The molecule has 8 heteroatoms. The number of aliphatic hydroxyl groups excluding tert-OH is 1. The number of esters is 1. The molecule has 34 heavy (non-hydrogen) atoms. The number of ether oxygens (including phenoxy) is 3. The van der Waals surface area contributed by atoms with Crippen LogP contribution in [0.25, 0.3) is 20.2 Å². The van der Waals surface area contributed by atoms with Crippen molar-refractivity contribution in [3.8, 4) is 0 Å². The van der Waals surface area contributed by atoms with Gasteiger partial charge in [0.1, 0.15) is 19.3 Å². The zero-order valence-electron chi connectivity index (χ0n) is 19.6. The highest BCUT2D eigenvalue weighted by Crippen LogP contribution is 2.25. The van der Waals surface area contributed by atoms with Crippen molar-refractivity contribution in [1.82, 2.24) is 0 Å². The normalized spacial score (nSPS) is 13.3. The monoisotopic (exact) mass is 486 g/mol. The zero-order valence-corrected chi connectivity index (χ0v) is 20.4. The number of rotatable bonds is 12. The van der Waals surface area contributed by atoms with E-state index < -0.39 is 6.10 Å². The fraction of sp³-hybridized carbons (Fsp3) is 0.423. The minimum absolute atomic E-state index is 0.00451. The van der Waals surface area contributed by atoms with E-state index in [0.29, 0.717) is 16.3 Å². The average molecular weight is 487 g/mol. The van der Waals surface area contributed by atoms with Crippen LogP contribution in [0.5, 0.6) is 0 Å². The minimum Gasteiger partial charge on any atom is -0.463 e. The van der Waals surface area contributed by atoms with Crippen molar-refractivity contribution in [2.24, 2.45) is 11.8 Å². The first kappa shape index (κ1) is 26.0. The molecule has 0 spiro atoms. The quantitative estimate of drug-likeness (QED) is 0.180. The first-order valence-corrected chi connectivity index (χ1v) is 12.1. The van der Waals surface area contributed by atoms with E-state index in [1.54, 1.807) is 24.3 Å². The van der Waals surface area contributed by atoms with Crippen LogP contribution in [0.1, 0.15) is 31.1 Å². The van der Waals surface area contributed by atoms with Crippen LogP contribution in [0.15, 0.2) is 47.3 Å². The maximum Gasteiger partial charge on any atom is 0.308 e. The van der Waals surface area contributed by atoms with E-state index in [4.69, 9.17) is 14.2 Å². The van der Waals surface area contributed by atoms with E-state index in [1.165, 1.54) is 11.3 Å². The van der Waals surface area contributed by atoms with Gasteiger partial charge in [-0.3, -0.25) is 14.4 Å². The Morgan fingerprint density at radius 2 is 1.65 bits per heavy atom. The summed E-state index contributed by atoms with van der Waals surface area (Å²) in [5.41, 5.74) is 0.284. The van der Waals surface area contributed by atoms with E-state index in [-0.39, 0.29) is 62.1 Å². The van der Waals surface area contributed by atoms with Gasteiger partial charge in [0.15, 0.2) is 11.2 Å². The number of carbonyl (C=O) groups is 2. The number of Topliss-reactive ketones (excluding diaryl/α,β-unsaturated/α-hetero) is 1. The molecule has 2 unspecified atom stereocenters. The molecule has 1 N–H and O–H groups in total. The molecule has 2 aromatic carbocycles. The summed E-state index contributed by atoms with van der Waals surface area (Å²) in [7, 11) is 0. The Kier molecular flexibility index (Phi) is 9.29. The lowest BCUT2D eigenvalue weighted by Gasteiger charge is -2.15. The molecule has 182 valence electrons. The predicted molar refractivity (Wildman–Crippen MR) is 133 cm³/mol. The first-order chi connectivity index (χ1) is 16.3. The molecule has 0 fully saturated rings. The van der Waals surface area contributed by atoms with Gasteiger partial charge in [-0.15, -0.1) is 11.3 Å². The van der Waals surface area contributed by atoms with E-state index in [1.807, 2.05) is 39.0 Å². The van der Waals surface area contributed by atoms with Crippen molar-refractivity contribution in [3.63, 3.8) is 0 Å². The van der Waals surface area contributed by atoms with Crippen LogP contribution in [0.3, 0.4) is 0 Å². The zero-order chi connectivity index (χ0) is 24.7. The lowest BCUT2D eigenvalue weighted by molar-refractivity contribution is -0.151. The van der Waals surface area contributed by atoms with Crippen molar-refractivity contribution in [3.05, 3.63) is 58.3 Å². The van der Waals surface area contributed by atoms with Crippen LogP contribution in [0, 0.1) is 11.8 Å². The Balaban J connectivity index is 1.43. The van der Waals surface area contributed by atoms with Crippen LogP contribution in [0.4, 0.5) is 0 Å². The lowest BCUT2D eigenvalue weighted by atomic mass is 9.99. The SMILES string of the molecule is CC(C)C(C)C(=O)OCCOCC(O)COCC(=O)c1ccc2sc3ccccc3c(=O)c2c1. The number of carbonyl (C=O) groups excluding carboxylic acids is 2. The Morgan fingerprint density at radius 3 is 2.41 bits per heavy atom. The Labute approximate surface area is 202 Å². The molecule has 7 nitrogen and oxygen atoms in total. The highest BCUT2D eigenvalue weighted by Gasteiger charge is 2.18. The number of benzene rings is 2. The number of ketones is 1. The molecule has 3 rings (SSSR count). The summed E-state index contributed by atoms with van der Waals surface area (Å²) < 4.78 is 17.5. The molecular weight excluding hydrogens is 456 g/mol. The molecule has 3 aromatic rings. The smallest absolute Gasteiger partial charge is 0.308 e. The van der Waals surface area contributed by atoms with Crippen molar-refractivity contribution in [2.75, 3.05) is 33.0 Å². The number of hydrogen-bond acceptors (Lipinski definition) is 8. The maximum absolute atomic E-state index is 12.8. The number of aliphatic hydroxyl groups is 1. The standard InChI is InChI=1S/C26H30O7S/c1-16(2)17(3)26(30)33-11-10-31-13-19(27)14-32-15-22(28)18-8-9-24-21(12-18)25(29)20-6-4-5-7-23(20)34-24/h4-9,12,16-17,19,27H,10-11,13-15H2,1-3H3. The Morgan fingerprint density at radius 1 is 0.941 bits per heavy atom. The molecular formula is C26H30O7S. The predicted octanol–water partition coefficient (Wildman–Crippen LogP) is 3.83. The van der Waals surface area contributed by atoms with Crippen LogP contribution < -0.4 is 5.43 Å². The average Bonchev–Trinajstić information content (AvgIpc) is 2.83. The fourth-order valence-electron chi connectivity index (χ4n) is 3.22. The third kappa shape index (κ3) is 6.70. The topological polar surface area (TPSA) is 99.1 Å². The molecule has 0 aliphatic heterocycles. The molecule has 0 radical (unpaired) electrons. The summed E-state index contributed by atoms with van der Waals surface area (Å²) in [6.45, 7) is 5.69. The van der Waals surface area contributed by atoms with Gasteiger partial charge in [-0.1, -0.05) is 32.9 Å². The molecule has 1 aromatic heterocycles. The summed E-state index contributed by atoms with van der Waals surface area (Å²) >= 11 is 1.51. The third-order valence-corrected chi connectivity index (χ3v) is 6.75. The lowest BCUT2D eigenvalue weighted by Crippen LogP contribution is -2.25. The van der Waals surface area contributed by atoms with Gasteiger partial charge in [0.05, 0.1) is 25.7 Å². The van der Waals surface area contributed by atoms with Gasteiger partial charge in [0.25, 0.3) is 0 Å². The number of hydrogen-bond donors (Lipinski definition) is 1. The Bertz CT molecular complexity index is 1200. The van der Waals surface area contributed by atoms with Crippen LogP contribution in [-0.4, -0.2) is 56.0 Å². The molecule has 1 heterocycles. The second-order valence-corrected chi connectivity index (χ2v) is 9.59. The van der Waals surface area contributed by atoms with Crippen molar-refractivity contribution >= 4 is 43.3 Å². The van der Waals surface area contributed by atoms with Gasteiger partial charge < -0.3 is 19.3 Å². The fourth-order valence-corrected chi connectivity index (χ4v) is 4.27. The summed E-state index contributed by atoms with van der Waals surface area (Å²) in [5.74, 6) is -0.529. The van der Waals surface area contributed by atoms with Crippen LogP contribution in [-0.2, 0) is 19.0 Å². The largest absolute Gasteiger partial charge is 0.463 e. The summed E-state index contributed by atoms with van der Waals surface area (Å²) in [4.78, 5) is 37.1. The van der Waals surface area contributed by atoms with Crippen molar-refractivity contribution < 1.29 is 28.9 Å². The molecule has 0 amide bonds. The summed E-state index contributed by atoms with van der Waals surface area (Å²) in [6.07, 6.45) is -0.920. The van der Waals surface area contributed by atoms with Gasteiger partial charge >= 0.3 is 5.97 Å². The Hall–Kier alpha value is -2.65. The van der Waals surface area contributed by atoms with Gasteiger partial charge in [-0.25, -0.2) is 0 Å². The van der Waals surface area contributed by atoms with Crippen LogP contribution >= 0.6 is 11.3 Å². The molecule has 2 atom stereocenters. The van der Waals surface area contributed by atoms with E-state index in [0.717, 1.165) is 9.40 Å². The van der Waals surface area contributed by atoms with Gasteiger partial charge in [0.2, 0.25) is 0 Å². The molecule has 0 aliphatic rings. The highest BCUT2D eigenvalue weighted by molar-refractivity contribution is 7.24. The highest BCUT2D eigenvalue weighted by atomic mass is 32.1. The third-order valence-electron chi connectivity index (χ3n) is 5.60. The minimum atomic E-state index is -0.920. The van der Waals surface area contributed by atoms with Gasteiger partial charge in [0, 0.05) is 25.7 Å². The summed E-state index contributed by atoms with van der Waals surface area (Å²) in [5, 5.41) is 11.1. The second-order valence-electron chi connectivity index (χ2n) is 8.51. The second kappa shape index (κ2) is 12.2.